The van der Waals surface area contributed by atoms with E-state index >= 15 is 0 Å². The molecule has 3 aromatic rings. The van der Waals surface area contributed by atoms with E-state index in [-0.39, 0.29) is 0 Å². The Kier molecular flexibility index (Phi) is 7.00. The Balaban J connectivity index is 0.000000500. The Bertz CT molecular complexity index is 929. The molecule has 0 amide bonds. The van der Waals surface area contributed by atoms with Crippen molar-refractivity contribution in [2.45, 2.75) is 6.92 Å². The maximum Gasteiger partial charge on any atom is 0.360 e. The van der Waals surface area contributed by atoms with E-state index in [4.69, 9.17) is 37.3 Å². The Hall–Kier alpha value is -2.62. The van der Waals surface area contributed by atoms with Crippen molar-refractivity contribution >= 4 is 10.8 Å². The molecule has 0 saturated heterocycles. The van der Waals surface area contributed by atoms with E-state index in [1.165, 1.54) is 0 Å². The minimum absolute atomic E-state index is 0.690. The number of halogens is 1. The van der Waals surface area contributed by atoms with Crippen LogP contribution in [0.5, 0.6) is 17.2 Å². The fraction of sp³-hybridized carbons (Fsp3) is 0.211. The Labute approximate surface area is 163 Å². The Morgan fingerprint density at radius 1 is 0.786 bits per heavy atom. The number of rotatable bonds is 4. The fourth-order valence-corrected chi connectivity index (χ4v) is 2.61. The molecule has 0 aliphatic heterocycles. The van der Waals surface area contributed by atoms with E-state index in [0.29, 0.717) is 11.5 Å². The molecule has 8 nitrogen and oxygen atoms in total. The third kappa shape index (κ3) is 5.69. The molecule has 9 heteroatoms. The van der Waals surface area contributed by atoms with Crippen LogP contribution in [0.2, 0.25) is 0 Å². The van der Waals surface area contributed by atoms with Crippen molar-refractivity contribution in [3.05, 3.63) is 48.2 Å². The molecule has 28 heavy (non-hydrogen) atoms. The smallest absolute Gasteiger partial charge is 0.360 e. The number of benzene rings is 2. The van der Waals surface area contributed by atoms with Crippen LogP contribution in [0.15, 0.2) is 46.9 Å². The molecule has 0 fully saturated rings. The predicted octanol–water partition coefficient (Wildman–Crippen LogP) is -0.0409. The zero-order valence-corrected chi connectivity index (χ0v) is 16.4. The zero-order valence-electron chi connectivity index (χ0n) is 15.7. The number of aryl methyl sites for hydroxylation is 1. The molecule has 0 N–H and O–H groups in total. The van der Waals surface area contributed by atoms with Crippen molar-refractivity contribution in [1.82, 2.24) is 0 Å². The molecule has 0 bridgehead atoms. The number of fused-ring (bicyclic) bond motifs is 1. The predicted molar refractivity (Wildman–Crippen MR) is 90.5 cm³/mol. The quantitative estimate of drug-likeness (QED) is 0.547. The van der Waals surface area contributed by atoms with Crippen molar-refractivity contribution in [1.29, 1.82) is 0 Å². The monoisotopic (exact) mass is 410 g/mol. The molecule has 0 unspecified atom stereocenters. The molecule has 0 aliphatic rings. The zero-order chi connectivity index (χ0) is 20.9. The molecule has 150 valence electrons. The van der Waals surface area contributed by atoms with Crippen LogP contribution >= 0.6 is 0 Å². The first-order valence-corrected chi connectivity index (χ1v) is 9.15. The maximum atomic E-state index is 8.49. The maximum absolute atomic E-state index is 8.49. The number of methoxy groups -OCH3 is 3. The van der Waals surface area contributed by atoms with Gasteiger partial charge in [-0.15, -0.1) is 10.2 Å². The molecular formula is C19H19ClO8. The molecule has 1 heterocycles. The summed E-state index contributed by atoms with van der Waals surface area (Å²) < 4.78 is 55.9. The van der Waals surface area contributed by atoms with Gasteiger partial charge in [-0.05, 0) is 30.3 Å². The van der Waals surface area contributed by atoms with E-state index in [9.17, 15) is 0 Å². The fourth-order valence-electron chi connectivity index (χ4n) is 2.61. The van der Waals surface area contributed by atoms with Crippen LogP contribution in [0.3, 0.4) is 0 Å². The highest BCUT2D eigenvalue weighted by Crippen LogP contribution is 2.36. The summed E-state index contributed by atoms with van der Waals surface area (Å²) in [5.74, 6) is 3.83. The van der Waals surface area contributed by atoms with Gasteiger partial charge in [-0.2, -0.15) is 0 Å². The minimum atomic E-state index is -4.94. The topological polar surface area (TPSA) is 131 Å². The standard InChI is InChI=1S/C19H19O4.ClHO4/c1-12-16-11-19(22-4)18(21-3)10-14(16)9-17(23-12)13-5-7-15(20-2)8-6-13;2-1(3,4)5/h5-11H,1-4H3;(H,2,3,4,5)/q+1;/p-1. The van der Waals surface area contributed by atoms with Gasteiger partial charge < -0.3 is 14.2 Å². The molecule has 0 spiro atoms. The van der Waals surface area contributed by atoms with Crippen LogP contribution in [0.1, 0.15) is 5.76 Å². The number of ether oxygens (including phenoxy) is 3. The third-order valence-electron chi connectivity index (χ3n) is 3.86. The Morgan fingerprint density at radius 2 is 1.32 bits per heavy atom. The first-order valence-electron chi connectivity index (χ1n) is 7.92. The SMILES string of the molecule is COc1ccc(-c2cc3cc(OC)c(OC)cc3c(C)[o+]2)cc1.[O-][Cl+3]([O-])([O-])[O-]. The summed E-state index contributed by atoms with van der Waals surface area (Å²) in [6, 6.07) is 13.7. The largest absolute Gasteiger partial charge is 0.497 e. The summed E-state index contributed by atoms with van der Waals surface area (Å²) in [4.78, 5) is 0. The normalized spacial score (nSPS) is 10.9. The van der Waals surface area contributed by atoms with Crippen molar-refractivity contribution in [2.75, 3.05) is 21.3 Å². The second kappa shape index (κ2) is 9.05. The van der Waals surface area contributed by atoms with Gasteiger partial charge in [0.1, 0.15) is 5.75 Å². The lowest BCUT2D eigenvalue weighted by molar-refractivity contribution is -2.00. The number of hydrogen-bond acceptors (Lipinski definition) is 7. The highest BCUT2D eigenvalue weighted by molar-refractivity contribution is 5.89. The average Bonchev–Trinajstić information content (AvgIpc) is 2.65. The summed E-state index contributed by atoms with van der Waals surface area (Å²) in [6.45, 7) is 1.95. The Morgan fingerprint density at radius 3 is 1.82 bits per heavy atom. The van der Waals surface area contributed by atoms with Crippen LogP contribution in [0.25, 0.3) is 22.1 Å². The van der Waals surface area contributed by atoms with Gasteiger partial charge in [0.25, 0.3) is 0 Å². The van der Waals surface area contributed by atoms with Gasteiger partial charge in [0.15, 0.2) is 11.5 Å². The lowest BCUT2D eigenvalue weighted by atomic mass is 10.1. The van der Waals surface area contributed by atoms with Gasteiger partial charge in [0.05, 0.1) is 45.3 Å². The molecule has 0 atom stereocenters. The van der Waals surface area contributed by atoms with E-state index < -0.39 is 10.2 Å². The highest BCUT2D eigenvalue weighted by Gasteiger charge is 2.19. The average molecular weight is 411 g/mol. The van der Waals surface area contributed by atoms with Gasteiger partial charge in [0.2, 0.25) is 0 Å². The summed E-state index contributed by atoms with van der Waals surface area (Å²) in [5, 5.41) is 2.04. The van der Waals surface area contributed by atoms with Crippen molar-refractivity contribution in [2.24, 2.45) is 0 Å². The van der Waals surface area contributed by atoms with Crippen LogP contribution in [-0.2, 0) is 0 Å². The second-order valence-electron chi connectivity index (χ2n) is 5.57. The van der Waals surface area contributed by atoms with E-state index in [1.54, 1.807) is 21.3 Å². The molecule has 3 rings (SSSR count). The van der Waals surface area contributed by atoms with Gasteiger partial charge in [-0.25, -0.2) is 23.1 Å². The summed E-state index contributed by atoms with van der Waals surface area (Å²) in [6.07, 6.45) is 0. The molecular weight excluding hydrogens is 392 g/mol. The van der Waals surface area contributed by atoms with Gasteiger partial charge in [-0.1, -0.05) is 0 Å². The van der Waals surface area contributed by atoms with E-state index in [1.807, 2.05) is 49.4 Å². The molecule has 2 aromatic carbocycles. The van der Waals surface area contributed by atoms with Gasteiger partial charge in [0, 0.05) is 11.5 Å². The van der Waals surface area contributed by atoms with Crippen LogP contribution in [0.4, 0.5) is 0 Å². The lowest BCUT2D eigenvalue weighted by Gasteiger charge is -2.17. The molecule has 0 saturated carbocycles. The van der Waals surface area contributed by atoms with Crippen LogP contribution < -0.4 is 32.8 Å². The van der Waals surface area contributed by atoms with E-state index in [0.717, 1.165) is 33.6 Å². The summed E-state index contributed by atoms with van der Waals surface area (Å²) in [7, 11) is -0.0324. The molecule has 0 radical (unpaired) electrons. The van der Waals surface area contributed by atoms with Crippen LogP contribution in [0, 0.1) is 17.2 Å². The first-order chi connectivity index (χ1) is 13.2. The van der Waals surface area contributed by atoms with Crippen molar-refractivity contribution < 1.29 is 47.5 Å². The number of hydrogen-bond donors (Lipinski definition) is 0. The summed E-state index contributed by atoms with van der Waals surface area (Å²) in [5.41, 5.74) is 0.991. The van der Waals surface area contributed by atoms with Gasteiger partial charge in [-0.3, -0.25) is 0 Å². The van der Waals surface area contributed by atoms with Crippen LogP contribution in [-0.4, -0.2) is 21.3 Å². The third-order valence-corrected chi connectivity index (χ3v) is 3.86. The molecule has 0 aliphatic carbocycles. The first kappa shape index (κ1) is 21.7. The minimum Gasteiger partial charge on any atom is -0.497 e. The van der Waals surface area contributed by atoms with Gasteiger partial charge >= 0.3 is 11.5 Å². The second-order valence-corrected chi connectivity index (χ2v) is 6.32. The highest BCUT2D eigenvalue weighted by atomic mass is 35.7. The van der Waals surface area contributed by atoms with Crippen molar-refractivity contribution in [3.8, 4) is 28.6 Å². The van der Waals surface area contributed by atoms with Crippen molar-refractivity contribution in [3.63, 3.8) is 0 Å². The van der Waals surface area contributed by atoms with E-state index in [2.05, 4.69) is 0 Å². The molecule has 1 aromatic heterocycles. The summed E-state index contributed by atoms with van der Waals surface area (Å²) >= 11 is 0. The lowest BCUT2D eigenvalue weighted by Crippen LogP contribution is -2.68.